The van der Waals surface area contributed by atoms with Gasteiger partial charge < -0.3 is 14.6 Å². The molecule has 5 nitrogen and oxygen atoms in total. The summed E-state index contributed by atoms with van der Waals surface area (Å²) in [5.74, 6) is -0.665. The number of carbonyl (C=O) groups is 2. The van der Waals surface area contributed by atoms with E-state index in [4.69, 9.17) is 5.11 Å². The SMILES string of the molecule is CCN(CC(C)C)C(=O)Cn1cccc1C(=O)O. The zero-order valence-corrected chi connectivity index (χ0v) is 11.1. The third-order valence-corrected chi connectivity index (χ3v) is 2.67. The molecule has 0 spiro atoms. The quantitative estimate of drug-likeness (QED) is 0.838. The number of aromatic nitrogens is 1. The van der Waals surface area contributed by atoms with Gasteiger partial charge in [-0.2, -0.15) is 0 Å². The number of amides is 1. The minimum Gasteiger partial charge on any atom is -0.477 e. The Balaban J connectivity index is 2.73. The summed E-state index contributed by atoms with van der Waals surface area (Å²) in [7, 11) is 0. The first-order valence-corrected chi connectivity index (χ1v) is 6.11. The Morgan fingerprint density at radius 2 is 2.11 bits per heavy atom. The monoisotopic (exact) mass is 252 g/mol. The Labute approximate surface area is 107 Å². The first kappa shape index (κ1) is 14.3. The fourth-order valence-corrected chi connectivity index (χ4v) is 1.84. The molecule has 0 aromatic carbocycles. The van der Waals surface area contributed by atoms with E-state index >= 15 is 0 Å². The summed E-state index contributed by atoms with van der Waals surface area (Å²) in [6.45, 7) is 7.44. The van der Waals surface area contributed by atoms with Crippen molar-refractivity contribution < 1.29 is 14.7 Å². The molecule has 0 aliphatic heterocycles. The van der Waals surface area contributed by atoms with Gasteiger partial charge in [0.05, 0.1) is 0 Å². The topological polar surface area (TPSA) is 62.5 Å². The largest absolute Gasteiger partial charge is 0.477 e. The number of hydrogen-bond acceptors (Lipinski definition) is 2. The van der Waals surface area contributed by atoms with Gasteiger partial charge in [0, 0.05) is 19.3 Å². The second kappa shape index (κ2) is 6.23. The smallest absolute Gasteiger partial charge is 0.352 e. The predicted octanol–water partition coefficient (Wildman–Crippen LogP) is 1.69. The maximum absolute atomic E-state index is 12.1. The standard InChI is InChI=1S/C13H20N2O3/c1-4-14(8-10(2)3)12(16)9-15-7-5-6-11(15)13(17)18/h5-7,10H,4,8-9H2,1-3H3,(H,17,18). The van der Waals surface area contributed by atoms with Crippen LogP contribution in [0.4, 0.5) is 0 Å². The van der Waals surface area contributed by atoms with Crippen molar-refractivity contribution in [3.63, 3.8) is 0 Å². The average molecular weight is 252 g/mol. The highest BCUT2D eigenvalue weighted by Crippen LogP contribution is 2.05. The lowest BCUT2D eigenvalue weighted by atomic mass is 10.2. The van der Waals surface area contributed by atoms with E-state index in [1.807, 2.05) is 20.8 Å². The molecule has 0 aliphatic carbocycles. The first-order valence-electron chi connectivity index (χ1n) is 6.11. The van der Waals surface area contributed by atoms with Crippen LogP contribution in [0.1, 0.15) is 31.3 Å². The summed E-state index contributed by atoms with van der Waals surface area (Å²) in [6.07, 6.45) is 1.62. The molecule has 1 heterocycles. The van der Waals surface area contributed by atoms with E-state index in [1.54, 1.807) is 17.2 Å². The van der Waals surface area contributed by atoms with Crippen molar-refractivity contribution in [2.75, 3.05) is 13.1 Å². The highest BCUT2D eigenvalue weighted by atomic mass is 16.4. The zero-order valence-electron chi connectivity index (χ0n) is 11.1. The molecule has 18 heavy (non-hydrogen) atoms. The van der Waals surface area contributed by atoms with Crippen molar-refractivity contribution in [1.29, 1.82) is 0 Å². The van der Waals surface area contributed by atoms with Gasteiger partial charge in [-0.15, -0.1) is 0 Å². The third-order valence-electron chi connectivity index (χ3n) is 2.67. The summed E-state index contributed by atoms with van der Waals surface area (Å²) in [5, 5.41) is 8.96. The molecule has 1 N–H and O–H groups in total. The molecule has 0 saturated heterocycles. The molecule has 1 aromatic rings. The van der Waals surface area contributed by atoms with Crippen molar-refractivity contribution in [2.45, 2.75) is 27.3 Å². The number of hydrogen-bond donors (Lipinski definition) is 1. The molecule has 0 bridgehead atoms. The second-order valence-corrected chi connectivity index (χ2v) is 4.65. The van der Waals surface area contributed by atoms with Crippen LogP contribution in [-0.2, 0) is 11.3 Å². The van der Waals surface area contributed by atoms with E-state index in [0.717, 1.165) is 0 Å². The Morgan fingerprint density at radius 1 is 1.44 bits per heavy atom. The van der Waals surface area contributed by atoms with Crippen LogP contribution in [0.2, 0.25) is 0 Å². The lowest BCUT2D eigenvalue weighted by Gasteiger charge is -2.23. The van der Waals surface area contributed by atoms with Gasteiger partial charge in [0.25, 0.3) is 0 Å². The van der Waals surface area contributed by atoms with Gasteiger partial charge in [-0.3, -0.25) is 4.79 Å². The van der Waals surface area contributed by atoms with Crippen LogP contribution in [0.5, 0.6) is 0 Å². The summed E-state index contributed by atoms with van der Waals surface area (Å²) in [4.78, 5) is 24.7. The lowest BCUT2D eigenvalue weighted by Crippen LogP contribution is -2.36. The van der Waals surface area contributed by atoms with Crippen LogP contribution in [0.15, 0.2) is 18.3 Å². The van der Waals surface area contributed by atoms with E-state index < -0.39 is 5.97 Å². The fourth-order valence-electron chi connectivity index (χ4n) is 1.84. The average Bonchev–Trinajstić information content (AvgIpc) is 2.73. The van der Waals surface area contributed by atoms with Crippen molar-refractivity contribution in [3.8, 4) is 0 Å². The van der Waals surface area contributed by atoms with Gasteiger partial charge in [0.1, 0.15) is 12.2 Å². The highest BCUT2D eigenvalue weighted by Gasteiger charge is 2.16. The molecule has 0 unspecified atom stereocenters. The molecule has 0 fully saturated rings. The van der Waals surface area contributed by atoms with Crippen LogP contribution in [0.3, 0.4) is 0 Å². The molecular weight excluding hydrogens is 232 g/mol. The van der Waals surface area contributed by atoms with Crippen LogP contribution in [0, 0.1) is 5.92 Å². The maximum Gasteiger partial charge on any atom is 0.352 e. The van der Waals surface area contributed by atoms with E-state index in [1.165, 1.54) is 10.6 Å². The third kappa shape index (κ3) is 3.61. The molecule has 0 atom stereocenters. The van der Waals surface area contributed by atoms with E-state index in [-0.39, 0.29) is 18.1 Å². The van der Waals surface area contributed by atoms with Gasteiger partial charge in [0.2, 0.25) is 5.91 Å². The molecule has 1 rings (SSSR count). The molecule has 0 saturated carbocycles. The van der Waals surface area contributed by atoms with Crippen molar-refractivity contribution >= 4 is 11.9 Å². The summed E-state index contributed by atoms with van der Waals surface area (Å²) < 4.78 is 1.47. The van der Waals surface area contributed by atoms with Crippen LogP contribution in [-0.4, -0.2) is 39.5 Å². The number of likely N-dealkylation sites (N-methyl/N-ethyl adjacent to an activating group) is 1. The predicted molar refractivity (Wildman–Crippen MR) is 68.5 cm³/mol. The Kier molecular flexibility index (Phi) is 4.95. The van der Waals surface area contributed by atoms with Crippen molar-refractivity contribution in [2.24, 2.45) is 5.92 Å². The van der Waals surface area contributed by atoms with E-state index in [2.05, 4.69) is 0 Å². The van der Waals surface area contributed by atoms with Crippen LogP contribution in [0.25, 0.3) is 0 Å². The van der Waals surface area contributed by atoms with Gasteiger partial charge in [0.15, 0.2) is 0 Å². The molecule has 100 valence electrons. The second-order valence-electron chi connectivity index (χ2n) is 4.65. The minimum absolute atomic E-state index is 0.0510. The molecule has 0 aliphatic rings. The van der Waals surface area contributed by atoms with E-state index in [0.29, 0.717) is 19.0 Å². The van der Waals surface area contributed by atoms with Gasteiger partial charge in [-0.05, 0) is 25.0 Å². The fraction of sp³-hybridized carbons (Fsp3) is 0.538. The molecule has 0 radical (unpaired) electrons. The first-order chi connectivity index (χ1) is 8.45. The van der Waals surface area contributed by atoms with Crippen molar-refractivity contribution in [3.05, 3.63) is 24.0 Å². The summed E-state index contributed by atoms with van der Waals surface area (Å²) in [5.41, 5.74) is 0.143. The van der Waals surface area contributed by atoms with Crippen molar-refractivity contribution in [1.82, 2.24) is 9.47 Å². The van der Waals surface area contributed by atoms with Gasteiger partial charge >= 0.3 is 5.97 Å². The molecular formula is C13H20N2O3. The number of aromatic carboxylic acids is 1. The van der Waals surface area contributed by atoms with Crippen LogP contribution >= 0.6 is 0 Å². The number of rotatable bonds is 6. The normalized spacial score (nSPS) is 10.7. The lowest BCUT2D eigenvalue weighted by molar-refractivity contribution is -0.132. The Morgan fingerprint density at radius 3 is 2.61 bits per heavy atom. The minimum atomic E-state index is -1.01. The Hall–Kier alpha value is -1.78. The highest BCUT2D eigenvalue weighted by molar-refractivity contribution is 5.86. The van der Waals surface area contributed by atoms with Gasteiger partial charge in [-0.25, -0.2) is 4.79 Å². The molecule has 1 amide bonds. The molecule has 1 aromatic heterocycles. The van der Waals surface area contributed by atoms with Gasteiger partial charge in [-0.1, -0.05) is 13.8 Å². The van der Waals surface area contributed by atoms with Crippen LogP contribution < -0.4 is 0 Å². The molecule has 5 heteroatoms. The summed E-state index contributed by atoms with van der Waals surface area (Å²) >= 11 is 0. The number of carbonyl (C=O) groups excluding carboxylic acids is 1. The number of carboxylic acid groups (broad SMARTS) is 1. The Bertz CT molecular complexity index is 424. The summed E-state index contributed by atoms with van der Waals surface area (Å²) in [6, 6.07) is 3.13. The maximum atomic E-state index is 12.1. The zero-order chi connectivity index (χ0) is 13.7. The van der Waals surface area contributed by atoms with E-state index in [9.17, 15) is 9.59 Å². The number of carboxylic acids is 1. The number of nitrogens with zero attached hydrogens (tertiary/aromatic N) is 2.